The Bertz CT molecular complexity index is 2830. The Labute approximate surface area is 290 Å². The van der Waals surface area contributed by atoms with Crippen molar-refractivity contribution in [2.45, 2.75) is 6.42 Å². The van der Waals surface area contributed by atoms with E-state index in [2.05, 4.69) is 182 Å². The van der Waals surface area contributed by atoms with Crippen molar-refractivity contribution in [2.24, 2.45) is 0 Å². The van der Waals surface area contributed by atoms with Gasteiger partial charge in [-0.25, -0.2) is 0 Å². The number of benzene rings is 9. The van der Waals surface area contributed by atoms with Gasteiger partial charge in [-0.15, -0.1) is 0 Å². The summed E-state index contributed by atoms with van der Waals surface area (Å²) < 4.78 is 6.71. The fourth-order valence-corrected chi connectivity index (χ4v) is 8.17. The van der Waals surface area contributed by atoms with Gasteiger partial charge >= 0.3 is 0 Å². The Hall–Kier alpha value is -6.44. The van der Waals surface area contributed by atoms with Crippen molar-refractivity contribution in [2.75, 3.05) is 0 Å². The van der Waals surface area contributed by atoms with Gasteiger partial charge < -0.3 is 4.42 Å². The fourth-order valence-electron chi connectivity index (χ4n) is 8.17. The van der Waals surface area contributed by atoms with Gasteiger partial charge in [0.1, 0.15) is 11.2 Å². The Morgan fingerprint density at radius 1 is 0.360 bits per heavy atom. The molecule has 50 heavy (non-hydrogen) atoms. The molecule has 0 bridgehead atoms. The number of rotatable bonds is 5. The minimum absolute atomic E-state index is 0.817. The van der Waals surface area contributed by atoms with Crippen LogP contribution >= 0.6 is 0 Å². The van der Waals surface area contributed by atoms with Crippen LogP contribution in [-0.2, 0) is 6.42 Å². The van der Waals surface area contributed by atoms with Crippen molar-refractivity contribution in [1.29, 1.82) is 0 Å². The molecule has 1 nitrogen and oxygen atoms in total. The van der Waals surface area contributed by atoms with Gasteiger partial charge in [-0.05, 0) is 89.8 Å². The predicted octanol–water partition coefficient (Wildman–Crippen LogP) is 13.6. The summed E-state index contributed by atoms with van der Waals surface area (Å²) in [4.78, 5) is 0. The summed E-state index contributed by atoms with van der Waals surface area (Å²) in [6, 6.07) is 65.8. The topological polar surface area (TPSA) is 13.1 Å². The quantitative estimate of drug-likeness (QED) is 0.171. The summed E-state index contributed by atoms with van der Waals surface area (Å²) in [5.74, 6) is 0. The molecule has 234 valence electrons. The molecule has 0 aliphatic heterocycles. The van der Waals surface area contributed by atoms with E-state index in [1.54, 1.807) is 0 Å². The lowest BCUT2D eigenvalue weighted by molar-refractivity contribution is 0.670. The highest BCUT2D eigenvalue weighted by atomic mass is 16.3. The molecule has 1 heteroatoms. The zero-order chi connectivity index (χ0) is 33.0. The lowest BCUT2D eigenvalue weighted by atomic mass is 9.83. The number of fused-ring (bicyclic) bond motifs is 6. The highest BCUT2D eigenvalue weighted by Crippen LogP contribution is 2.47. The highest BCUT2D eigenvalue weighted by Gasteiger charge is 2.22. The van der Waals surface area contributed by atoms with Crippen molar-refractivity contribution >= 4 is 54.3 Å². The molecule has 0 atom stereocenters. The third kappa shape index (κ3) is 4.48. The van der Waals surface area contributed by atoms with Crippen LogP contribution < -0.4 is 0 Å². The Morgan fingerprint density at radius 3 is 1.70 bits per heavy atom. The molecular formula is C49H32O. The average Bonchev–Trinajstić information content (AvgIpc) is 3.58. The molecule has 0 N–H and O–H groups in total. The normalized spacial score (nSPS) is 11.7. The molecular weight excluding hydrogens is 605 g/mol. The average molecular weight is 637 g/mol. The maximum absolute atomic E-state index is 6.71. The molecule has 0 saturated heterocycles. The van der Waals surface area contributed by atoms with Gasteiger partial charge in [-0.2, -0.15) is 0 Å². The van der Waals surface area contributed by atoms with Gasteiger partial charge in [-0.3, -0.25) is 0 Å². The van der Waals surface area contributed by atoms with E-state index in [4.69, 9.17) is 4.42 Å². The molecule has 10 rings (SSSR count). The zero-order valence-electron chi connectivity index (χ0n) is 27.4. The number of furan rings is 1. The molecule has 1 heterocycles. The van der Waals surface area contributed by atoms with E-state index in [1.165, 1.54) is 65.7 Å². The molecule has 9 aromatic carbocycles. The SMILES string of the molecule is c1ccc(-c2ccc(-c3c4ccccc4c(Cc4ccccc4-c4cccc5ccccc45)c4ccccc34)c3c2oc2ccccc23)cc1. The molecule has 0 radical (unpaired) electrons. The number of hydrogen-bond acceptors (Lipinski definition) is 1. The molecule has 1 aromatic heterocycles. The smallest absolute Gasteiger partial charge is 0.143 e. The molecule has 0 unspecified atom stereocenters. The number of hydrogen-bond donors (Lipinski definition) is 0. The van der Waals surface area contributed by atoms with Crippen molar-refractivity contribution in [3.63, 3.8) is 0 Å². The lowest BCUT2D eigenvalue weighted by Gasteiger charge is -2.20. The van der Waals surface area contributed by atoms with Crippen molar-refractivity contribution in [3.05, 3.63) is 193 Å². The molecule has 0 fully saturated rings. The number of para-hydroxylation sites is 1. The second kappa shape index (κ2) is 11.6. The molecule has 0 amide bonds. The van der Waals surface area contributed by atoms with Gasteiger partial charge in [0, 0.05) is 16.3 Å². The first-order chi connectivity index (χ1) is 24.8. The molecule has 0 saturated carbocycles. The fraction of sp³-hybridized carbons (Fsp3) is 0.0204. The standard InChI is InChI=1S/C49H32O/c1-2-15-33(16-3-1)37-29-30-44(48-43-26-12-13-28-46(43)50-49(37)48)47-41-24-10-8-22-39(41)45(40-23-9-11-25-42(40)47)31-34-18-5-7-21-36(34)38-27-14-19-32-17-4-6-20-35(32)38/h1-30H,31H2. The third-order valence-corrected chi connectivity index (χ3v) is 10.4. The summed E-state index contributed by atoms with van der Waals surface area (Å²) >= 11 is 0. The monoisotopic (exact) mass is 636 g/mol. The van der Waals surface area contributed by atoms with Gasteiger partial charge in [-0.1, -0.05) is 170 Å². The van der Waals surface area contributed by atoms with Crippen LogP contribution in [0, 0.1) is 0 Å². The van der Waals surface area contributed by atoms with Gasteiger partial charge in [0.25, 0.3) is 0 Å². The van der Waals surface area contributed by atoms with Crippen LogP contribution in [0.2, 0.25) is 0 Å². The summed E-state index contributed by atoms with van der Waals surface area (Å²) in [5, 5.41) is 9.90. The summed E-state index contributed by atoms with van der Waals surface area (Å²) in [5.41, 5.74) is 11.8. The van der Waals surface area contributed by atoms with Crippen molar-refractivity contribution in [1.82, 2.24) is 0 Å². The van der Waals surface area contributed by atoms with E-state index in [1.807, 2.05) is 0 Å². The van der Waals surface area contributed by atoms with E-state index in [0.717, 1.165) is 39.5 Å². The van der Waals surface area contributed by atoms with Crippen LogP contribution in [0.15, 0.2) is 186 Å². The van der Waals surface area contributed by atoms with Gasteiger partial charge in [0.2, 0.25) is 0 Å². The zero-order valence-corrected chi connectivity index (χ0v) is 27.4. The van der Waals surface area contributed by atoms with Gasteiger partial charge in [0.15, 0.2) is 0 Å². The summed E-state index contributed by atoms with van der Waals surface area (Å²) in [6.45, 7) is 0. The van der Waals surface area contributed by atoms with Crippen LogP contribution in [0.5, 0.6) is 0 Å². The van der Waals surface area contributed by atoms with Crippen molar-refractivity contribution in [3.8, 4) is 33.4 Å². The second-order valence-electron chi connectivity index (χ2n) is 13.1. The third-order valence-electron chi connectivity index (χ3n) is 10.4. The van der Waals surface area contributed by atoms with E-state index < -0.39 is 0 Å². The van der Waals surface area contributed by atoms with E-state index >= 15 is 0 Å². The lowest BCUT2D eigenvalue weighted by Crippen LogP contribution is -1.98. The Kier molecular flexibility index (Phi) is 6.63. The molecule has 10 aromatic rings. The molecule has 0 spiro atoms. The maximum Gasteiger partial charge on any atom is 0.143 e. The van der Waals surface area contributed by atoms with Crippen LogP contribution in [-0.4, -0.2) is 0 Å². The van der Waals surface area contributed by atoms with Crippen LogP contribution in [0.25, 0.3) is 87.6 Å². The predicted molar refractivity (Wildman–Crippen MR) is 212 cm³/mol. The largest absolute Gasteiger partial charge is 0.455 e. The maximum atomic E-state index is 6.71. The first kappa shape index (κ1) is 28.6. The van der Waals surface area contributed by atoms with E-state index in [9.17, 15) is 0 Å². The first-order valence-corrected chi connectivity index (χ1v) is 17.3. The summed E-state index contributed by atoms with van der Waals surface area (Å²) in [6.07, 6.45) is 0.817. The van der Waals surface area contributed by atoms with Crippen molar-refractivity contribution < 1.29 is 4.42 Å². The summed E-state index contributed by atoms with van der Waals surface area (Å²) in [7, 11) is 0. The Morgan fingerprint density at radius 2 is 0.920 bits per heavy atom. The van der Waals surface area contributed by atoms with Crippen LogP contribution in [0.4, 0.5) is 0 Å². The first-order valence-electron chi connectivity index (χ1n) is 17.3. The minimum atomic E-state index is 0.817. The minimum Gasteiger partial charge on any atom is -0.455 e. The molecule has 0 aliphatic carbocycles. The highest BCUT2D eigenvalue weighted by molar-refractivity contribution is 6.23. The molecule has 0 aliphatic rings. The van der Waals surface area contributed by atoms with E-state index in [-0.39, 0.29) is 0 Å². The van der Waals surface area contributed by atoms with Gasteiger partial charge in [0.05, 0.1) is 0 Å². The second-order valence-corrected chi connectivity index (χ2v) is 13.1. The Balaban J connectivity index is 1.25. The van der Waals surface area contributed by atoms with Crippen LogP contribution in [0.1, 0.15) is 11.1 Å². The van der Waals surface area contributed by atoms with Crippen LogP contribution in [0.3, 0.4) is 0 Å². The van der Waals surface area contributed by atoms with E-state index in [0.29, 0.717) is 0 Å².